The van der Waals surface area contributed by atoms with Crippen LogP contribution in [0.1, 0.15) is 10.5 Å². The molecule has 98 valence electrons. The number of aromatic nitrogens is 1. The first-order valence-corrected chi connectivity index (χ1v) is 5.85. The number of rotatable bonds is 3. The van der Waals surface area contributed by atoms with Crippen molar-refractivity contribution in [2.24, 2.45) is 0 Å². The maximum absolute atomic E-state index is 12.2. The number of morpholine rings is 1. The summed E-state index contributed by atoms with van der Waals surface area (Å²) in [5, 5.41) is 2.96. The van der Waals surface area contributed by atoms with E-state index in [1.165, 1.54) is 0 Å². The van der Waals surface area contributed by atoms with Crippen molar-refractivity contribution in [2.45, 2.75) is 0 Å². The number of carbonyl (C=O) groups excluding carboxylic acids is 1. The Kier molecular flexibility index (Phi) is 3.99. The average Bonchev–Trinajstić information content (AvgIpc) is 2.46. The summed E-state index contributed by atoms with van der Waals surface area (Å²) in [7, 11) is 3.35. The standard InChI is InChI=1S/C12H17N3O3/c1-13-10-8-14-9(7-11(10)17-2)12(16)15-3-5-18-6-4-15/h7-8,13H,3-6H2,1-2H3. The summed E-state index contributed by atoms with van der Waals surface area (Å²) in [5.74, 6) is 0.531. The summed E-state index contributed by atoms with van der Waals surface area (Å²) in [5.41, 5.74) is 1.16. The van der Waals surface area contributed by atoms with Crippen molar-refractivity contribution in [1.82, 2.24) is 9.88 Å². The van der Waals surface area contributed by atoms with Gasteiger partial charge in [-0.05, 0) is 0 Å². The first-order valence-electron chi connectivity index (χ1n) is 5.85. The lowest BCUT2D eigenvalue weighted by Crippen LogP contribution is -2.41. The Morgan fingerprint density at radius 3 is 2.83 bits per heavy atom. The normalized spacial score (nSPS) is 15.3. The Morgan fingerprint density at radius 2 is 2.22 bits per heavy atom. The number of amides is 1. The van der Waals surface area contributed by atoms with E-state index in [4.69, 9.17) is 9.47 Å². The van der Waals surface area contributed by atoms with Gasteiger partial charge in [-0.15, -0.1) is 0 Å². The molecule has 1 N–H and O–H groups in total. The molecule has 0 bridgehead atoms. The van der Waals surface area contributed by atoms with Crippen molar-refractivity contribution in [3.05, 3.63) is 18.0 Å². The summed E-state index contributed by atoms with van der Waals surface area (Å²) in [6, 6.07) is 1.66. The molecule has 0 radical (unpaired) electrons. The molecular formula is C12H17N3O3. The third-order valence-electron chi connectivity index (χ3n) is 2.87. The Balaban J connectivity index is 2.19. The summed E-state index contributed by atoms with van der Waals surface area (Å²) >= 11 is 0. The molecular weight excluding hydrogens is 234 g/mol. The molecule has 1 aromatic heterocycles. The maximum atomic E-state index is 12.2. The number of anilines is 1. The topological polar surface area (TPSA) is 63.7 Å². The van der Waals surface area contributed by atoms with E-state index in [1.54, 1.807) is 31.3 Å². The molecule has 0 atom stereocenters. The number of carbonyl (C=O) groups is 1. The van der Waals surface area contributed by atoms with E-state index < -0.39 is 0 Å². The fraction of sp³-hybridized carbons (Fsp3) is 0.500. The number of nitrogens with one attached hydrogen (secondary N) is 1. The molecule has 0 spiro atoms. The third-order valence-corrected chi connectivity index (χ3v) is 2.87. The number of nitrogens with zero attached hydrogens (tertiary/aromatic N) is 2. The van der Waals surface area contributed by atoms with Gasteiger partial charge in [0.15, 0.2) is 0 Å². The minimum atomic E-state index is -0.0840. The second kappa shape index (κ2) is 5.68. The number of ether oxygens (including phenoxy) is 2. The van der Waals surface area contributed by atoms with Crippen LogP contribution in [0.2, 0.25) is 0 Å². The zero-order valence-corrected chi connectivity index (χ0v) is 10.6. The van der Waals surface area contributed by atoms with E-state index in [0.717, 1.165) is 5.69 Å². The zero-order valence-electron chi connectivity index (χ0n) is 10.6. The summed E-state index contributed by atoms with van der Waals surface area (Å²) in [6.07, 6.45) is 1.60. The van der Waals surface area contributed by atoms with Gasteiger partial charge >= 0.3 is 0 Å². The molecule has 18 heavy (non-hydrogen) atoms. The summed E-state index contributed by atoms with van der Waals surface area (Å²) in [4.78, 5) is 18.1. The number of pyridine rings is 1. The quantitative estimate of drug-likeness (QED) is 0.852. The van der Waals surface area contributed by atoms with Crippen molar-refractivity contribution in [3.8, 4) is 5.75 Å². The molecule has 0 saturated carbocycles. The van der Waals surface area contributed by atoms with Crippen LogP contribution in [0.5, 0.6) is 5.75 Å². The molecule has 2 rings (SSSR count). The number of methoxy groups -OCH3 is 1. The minimum Gasteiger partial charge on any atom is -0.494 e. The SMILES string of the molecule is CNc1cnc(C(=O)N2CCOCC2)cc1OC. The largest absolute Gasteiger partial charge is 0.494 e. The molecule has 1 aliphatic rings. The van der Waals surface area contributed by atoms with Gasteiger partial charge in [-0.2, -0.15) is 0 Å². The first-order chi connectivity index (χ1) is 8.76. The van der Waals surface area contributed by atoms with Crippen molar-refractivity contribution < 1.29 is 14.3 Å². The lowest BCUT2D eigenvalue weighted by molar-refractivity contribution is 0.0299. The number of hydrogen-bond donors (Lipinski definition) is 1. The second-order valence-corrected chi connectivity index (χ2v) is 3.92. The number of hydrogen-bond acceptors (Lipinski definition) is 5. The van der Waals surface area contributed by atoms with E-state index in [9.17, 15) is 4.79 Å². The highest BCUT2D eigenvalue weighted by Crippen LogP contribution is 2.23. The van der Waals surface area contributed by atoms with Gasteiger partial charge in [0, 0.05) is 26.2 Å². The zero-order chi connectivity index (χ0) is 13.0. The minimum absolute atomic E-state index is 0.0840. The predicted octanol–water partition coefficient (Wildman–Crippen LogP) is 0.604. The van der Waals surface area contributed by atoms with Gasteiger partial charge in [0.25, 0.3) is 5.91 Å². The van der Waals surface area contributed by atoms with E-state index >= 15 is 0 Å². The smallest absolute Gasteiger partial charge is 0.272 e. The van der Waals surface area contributed by atoms with Gasteiger partial charge in [0.1, 0.15) is 11.4 Å². The molecule has 6 heteroatoms. The van der Waals surface area contributed by atoms with Crippen LogP contribution in [0.25, 0.3) is 0 Å². The van der Waals surface area contributed by atoms with Crippen LogP contribution in [0, 0.1) is 0 Å². The second-order valence-electron chi connectivity index (χ2n) is 3.92. The molecule has 0 aromatic carbocycles. The van der Waals surface area contributed by atoms with Crippen LogP contribution in [-0.4, -0.2) is 56.3 Å². The van der Waals surface area contributed by atoms with E-state index in [0.29, 0.717) is 37.7 Å². The first kappa shape index (κ1) is 12.6. The van der Waals surface area contributed by atoms with Gasteiger partial charge in [-0.1, -0.05) is 0 Å². The summed E-state index contributed by atoms with van der Waals surface area (Å²) in [6.45, 7) is 2.38. The molecule has 0 aliphatic carbocycles. The van der Waals surface area contributed by atoms with Gasteiger partial charge in [-0.25, -0.2) is 4.98 Å². The van der Waals surface area contributed by atoms with Crippen molar-refractivity contribution in [3.63, 3.8) is 0 Å². The lowest BCUT2D eigenvalue weighted by atomic mass is 10.2. The van der Waals surface area contributed by atoms with Crippen LogP contribution in [0.3, 0.4) is 0 Å². The van der Waals surface area contributed by atoms with Crippen LogP contribution in [0.15, 0.2) is 12.3 Å². The molecule has 2 heterocycles. The lowest BCUT2D eigenvalue weighted by Gasteiger charge is -2.26. The van der Waals surface area contributed by atoms with Gasteiger partial charge < -0.3 is 19.7 Å². The molecule has 1 fully saturated rings. The predicted molar refractivity (Wildman–Crippen MR) is 67.1 cm³/mol. The fourth-order valence-corrected chi connectivity index (χ4v) is 1.84. The molecule has 6 nitrogen and oxygen atoms in total. The van der Waals surface area contributed by atoms with Crippen molar-refractivity contribution in [1.29, 1.82) is 0 Å². The van der Waals surface area contributed by atoms with Gasteiger partial charge in [0.2, 0.25) is 0 Å². The highest BCUT2D eigenvalue weighted by molar-refractivity contribution is 5.93. The van der Waals surface area contributed by atoms with E-state index in [2.05, 4.69) is 10.3 Å². The fourth-order valence-electron chi connectivity index (χ4n) is 1.84. The Morgan fingerprint density at radius 1 is 1.50 bits per heavy atom. The molecule has 1 aliphatic heterocycles. The molecule has 1 amide bonds. The van der Waals surface area contributed by atoms with Gasteiger partial charge in [0.05, 0.1) is 32.2 Å². The Labute approximate surface area is 106 Å². The summed E-state index contributed by atoms with van der Waals surface area (Å²) < 4.78 is 10.4. The van der Waals surface area contributed by atoms with Crippen molar-refractivity contribution >= 4 is 11.6 Å². The third kappa shape index (κ3) is 2.53. The van der Waals surface area contributed by atoms with Crippen LogP contribution in [-0.2, 0) is 4.74 Å². The van der Waals surface area contributed by atoms with E-state index in [1.807, 2.05) is 0 Å². The Hall–Kier alpha value is -1.82. The molecule has 1 aromatic rings. The highest BCUT2D eigenvalue weighted by Gasteiger charge is 2.20. The van der Waals surface area contributed by atoms with Crippen LogP contribution < -0.4 is 10.1 Å². The molecule has 0 unspecified atom stereocenters. The van der Waals surface area contributed by atoms with Crippen molar-refractivity contribution in [2.75, 3.05) is 45.8 Å². The van der Waals surface area contributed by atoms with Gasteiger partial charge in [-0.3, -0.25) is 4.79 Å². The van der Waals surface area contributed by atoms with E-state index in [-0.39, 0.29) is 5.91 Å². The maximum Gasteiger partial charge on any atom is 0.272 e. The Bertz CT molecular complexity index is 431. The average molecular weight is 251 g/mol. The highest BCUT2D eigenvalue weighted by atomic mass is 16.5. The van der Waals surface area contributed by atoms with Crippen LogP contribution >= 0.6 is 0 Å². The molecule has 1 saturated heterocycles. The van der Waals surface area contributed by atoms with Crippen LogP contribution in [0.4, 0.5) is 5.69 Å². The monoisotopic (exact) mass is 251 g/mol.